The number of ether oxygens (including phenoxy) is 1. The molecule has 0 aliphatic carbocycles. The smallest absolute Gasteiger partial charge is 0.404 e. The highest BCUT2D eigenvalue weighted by Crippen LogP contribution is 2.29. The summed E-state index contributed by atoms with van der Waals surface area (Å²) in [6.07, 6.45) is -4.82. The molecule has 0 radical (unpaired) electrons. The molecule has 0 spiro atoms. The number of halogens is 4. The van der Waals surface area contributed by atoms with Gasteiger partial charge in [0.1, 0.15) is 0 Å². The molecule has 0 bridgehead atoms. The van der Waals surface area contributed by atoms with Gasteiger partial charge in [-0.1, -0.05) is 24.3 Å². The van der Waals surface area contributed by atoms with Crippen molar-refractivity contribution in [2.75, 3.05) is 11.9 Å². The number of aliphatic imine (C=N–C) groups is 1. The molecule has 0 saturated heterocycles. The number of carbonyl (C=O) groups excluding carboxylic acids is 1. The van der Waals surface area contributed by atoms with Crippen LogP contribution in [0.3, 0.4) is 0 Å². The molecule has 28 heavy (non-hydrogen) atoms. The molecular formula is C18H20F3IN4O2. The Morgan fingerprint density at radius 1 is 1.18 bits per heavy atom. The van der Waals surface area contributed by atoms with Crippen molar-refractivity contribution in [2.45, 2.75) is 19.8 Å². The Kier molecular flexibility index (Phi) is 9.03. The molecule has 152 valence electrons. The highest BCUT2D eigenvalue weighted by atomic mass is 127. The van der Waals surface area contributed by atoms with Gasteiger partial charge in [-0.2, -0.15) is 0 Å². The van der Waals surface area contributed by atoms with Gasteiger partial charge < -0.3 is 21.1 Å². The summed E-state index contributed by atoms with van der Waals surface area (Å²) in [7, 11) is 0. The summed E-state index contributed by atoms with van der Waals surface area (Å²) < 4.78 is 41.3. The summed E-state index contributed by atoms with van der Waals surface area (Å²) in [5.74, 6) is -0.703. The SMILES string of the molecule is CCNC(=O)c1cccc(CN=C(N)Nc2ccccc2OC(F)(F)F)c1.I. The van der Waals surface area contributed by atoms with Gasteiger partial charge in [-0.05, 0) is 36.8 Å². The Balaban J connectivity index is 0.00000392. The molecular weight excluding hydrogens is 488 g/mol. The van der Waals surface area contributed by atoms with Crippen molar-refractivity contribution < 1.29 is 22.7 Å². The predicted octanol–water partition coefficient (Wildman–Crippen LogP) is 3.88. The zero-order valence-electron chi connectivity index (χ0n) is 14.9. The Bertz CT molecular complexity index is 828. The van der Waals surface area contributed by atoms with Crippen LogP contribution in [0.4, 0.5) is 18.9 Å². The maximum absolute atomic E-state index is 12.4. The van der Waals surface area contributed by atoms with Crippen LogP contribution < -0.4 is 21.1 Å². The molecule has 4 N–H and O–H groups in total. The fourth-order valence-electron chi connectivity index (χ4n) is 2.21. The number of nitrogens with two attached hydrogens (primary N) is 1. The van der Waals surface area contributed by atoms with E-state index in [-0.39, 0.29) is 48.1 Å². The zero-order valence-corrected chi connectivity index (χ0v) is 17.2. The van der Waals surface area contributed by atoms with Crippen LogP contribution in [-0.2, 0) is 6.54 Å². The molecule has 1 amide bonds. The Hall–Kier alpha value is -2.50. The van der Waals surface area contributed by atoms with Gasteiger partial charge in [0.25, 0.3) is 5.91 Å². The number of alkyl halides is 3. The number of benzene rings is 2. The number of amides is 1. The number of para-hydroxylation sites is 2. The van der Waals surface area contributed by atoms with Crippen LogP contribution in [0, 0.1) is 0 Å². The highest BCUT2D eigenvalue weighted by Gasteiger charge is 2.32. The van der Waals surface area contributed by atoms with E-state index in [1.165, 1.54) is 24.3 Å². The van der Waals surface area contributed by atoms with Crippen LogP contribution in [-0.4, -0.2) is 24.8 Å². The van der Waals surface area contributed by atoms with E-state index in [4.69, 9.17) is 5.73 Å². The van der Waals surface area contributed by atoms with Gasteiger partial charge in [0.05, 0.1) is 12.2 Å². The first-order valence-electron chi connectivity index (χ1n) is 8.07. The van der Waals surface area contributed by atoms with Crippen LogP contribution >= 0.6 is 24.0 Å². The van der Waals surface area contributed by atoms with Crippen molar-refractivity contribution in [3.63, 3.8) is 0 Å². The third-order valence-corrected chi connectivity index (χ3v) is 3.33. The Morgan fingerprint density at radius 3 is 2.57 bits per heavy atom. The number of carbonyl (C=O) groups is 1. The quantitative estimate of drug-likeness (QED) is 0.314. The van der Waals surface area contributed by atoms with Crippen LogP contribution in [0.15, 0.2) is 53.5 Å². The number of anilines is 1. The summed E-state index contributed by atoms with van der Waals surface area (Å²) in [5.41, 5.74) is 7.00. The minimum absolute atomic E-state index is 0. The molecule has 6 nitrogen and oxygen atoms in total. The Morgan fingerprint density at radius 2 is 1.89 bits per heavy atom. The fourth-order valence-corrected chi connectivity index (χ4v) is 2.21. The lowest BCUT2D eigenvalue weighted by Gasteiger charge is -2.14. The van der Waals surface area contributed by atoms with Gasteiger partial charge in [0, 0.05) is 12.1 Å². The minimum Gasteiger partial charge on any atom is -0.404 e. The normalized spacial score (nSPS) is 11.4. The number of hydrogen-bond donors (Lipinski definition) is 3. The molecule has 2 aromatic carbocycles. The van der Waals surface area contributed by atoms with E-state index in [9.17, 15) is 18.0 Å². The second kappa shape index (κ2) is 10.7. The summed E-state index contributed by atoms with van der Waals surface area (Å²) in [6.45, 7) is 2.48. The minimum atomic E-state index is -4.82. The molecule has 0 atom stereocenters. The maximum Gasteiger partial charge on any atom is 0.573 e. The Labute approximate surface area is 177 Å². The fraction of sp³-hybridized carbons (Fsp3) is 0.222. The molecule has 10 heteroatoms. The summed E-state index contributed by atoms with van der Waals surface area (Å²) >= 11 is 0. The highest BCUT2D eigenvalue weighted by molar-refractivity contribution is 14.0. The van der Waals surface area contributed by atoms with Crippen molar-refractivity contribution in [2.24, 2.45) is 10.7 Å². The molecule has 0 unspecified atom stereocenters. The standard InChI is InChI=1S/C18H19F3N4O2.HI/c1-2-23-16(26)13-7-5-6-12(10-13)11-24-17(22)25-14-8-3-4-9-15(14)27-18(19,20)21;/h3-10H,2,11H2,1H3,(H,23,26)(H3,22,24,25);1H. The number of hydrogen-bond acceptors (Lipinski definition) is 3. The van der Waals surface area contributed by atoms with Crippen LogP contribution in [0.25, 0.3) is 0 Å². The summed E-state index contributed by atoms with van der Waals surface area (Å²) in [5, 5.41) is 5.28. The lowest BCUT2D eigenvalue weighted by atomic mass is 10.1. The second-order valence-corrected chi connectivity index (χ2v) is 5.43. The van der Waals surface area contributed by atoms with Gasteiger partial charge >= 0.3 is 6.36 Å². The van der Waals surface area contributed by atoms with Crippen molar-refractivity contribution in [1.29, 1.82) is 0 Å². The van der Waals surface area contributed by atoms with Crippen molar-refractivity contribution >= 4 is 41.5 Å². The lowest BCUT2D eigenvalue weighted by Crippen LogP contribution is -2.24. The van der Waals surface area contributed by atoms with Gasteiger partial charge in [-0.15, -0.1) is 37.1 Å². The van der Waals surface area contributed by atoms with Crippen molar-refractivity contribution in [3.8, 4) is 5.75 Å². The average Bonchev–Trinajstić information content (AvgIpc) is 2.61. The van der Waals surface area contributed by atoms with Crippen LogP contribution in [0.1, 0.15) is 22.8 Å². The topological polar surface area (TPSA) is 88.7 Å². The van der Waals surface area contributed by atoms with E-state index in [1.807, 2.05) is 6.92 Å². The first-order valence-corrected chi connectivity index (χ1v) is 8.07. The van der Waals surface area contributed by atoms with Crippen molar-refractivity contribution in [1.82, 2.24) is 5.32 Å². The van der Waals surface area contributed by atoms with E-state index in [0.717, 1.165) is 5.56 Å². The largest absolute Gasteiger partial charge is 0.573 e. The zero-order chi connectivity index (χ0) is 19.9. The molecule has 0 fully saturated rings. The van der Waals surface area contributed by atoms with Crippen molar-refractivity contribution in [3.05, 3.63) is 59.7 Å². The lowest BCUT2D eigenvalue weighted by molar-refractivity contribution is -0.274. The molecule has 2 aromatic rings. The number of guanidine groups is 1. The first kappa shape index (κ1) is 23.5. The molecule has 0 heterocycles. The molecule has 0 aliphatic rings. The third kappa shape index (κ3) is 7.62. The van der Waals surface area contributed by atoms with Gasteiger partial charge in [-0.25, -0.2) is 4.99 Å². The summed E-state index contributed by atoms with van der Waals surface area (Å²) in [6, 6.07) is 12.3. The van der Waals surface area contributed by atoms with Crippen LogP contribution in [0.2, 0.25) is 0 Å². The second-order valence-electron chi connectivity index (χ2n) is 5.43. The van der Waals surface area contributed by atoms with Gasteiger partial charge in [-0.3, -0.25) is 4.79 Å². The average molecular weight is 508 g/mol. The first-order chi connectivity index (χ1) is 12.8. The van der Waals surface area contributed by atoms with Crippen LogP contribution in [0.5, 0.6) is 5.75 Å². The van der Waals surface area contributed by atoms with Gasteiger partial charge in [0.2, 0.25) is 0 Å². The monoisotopic (exact) mass is 508 g/mol. The number of nitrogens with zero attached hydrogens (tertiary/aromatic N) is 1. The van der Waals surface area contributed by atoms with E-state index in [0.29, 0.717) is 12.1 Å². The van der Waals surface area contributed by atoms with E-state index in [1.54, 1.807) is 24.3 Å². The van der Waals surface area contributed by atoms with E-state index in [2.05, 4.69) is 20.4 Å². The number of nitrogens with one attached hydrogen (secondary N) is 2. The molecule has 0 aliphatic heterocycles. The maximum atomic E-state index is 12.4. The predicted molar refractivity (Wildman–Crippen MR) is 112 cm³/mol. The number of rotatable bonds is 6. The van der Waals surface area contributed by atoms with E-state index < -0.39 is 12.1 Å². The summed E-state index contributed by atoms with van der Waals surface area (Å²) in [4.78, 5) is 15.9. The van der Waals surface area contributed by atoms with Gasteiger partial charge in [0.15, 0.2) is 11.7 Å². The molecule has 0 aromatic heterocycles. The third-order valence-electron chi connectivity index (χ3n) is 3.33. The molecule has 2 rings (SSSR count). The van der Waals surface area contributed by atoms with E-state index >= 15 is 0 Å². The molecule has 0 saturated carbocycles.